The maximum atomic E-state index is 13.4. The fourth-order valence-electron chi connectivity index (χ4n) is 2.24. The maximum absolute atomic E-state index is 13.4. The molecular formula is C17H18ClFIN. The summed E-state index contributed by atoms with van der Waals surface area (Å²) < 4.78 is 14.6. The minimum atomic E-state index is -0.244. The molecule has 0 aliphatic rings. The van der Waals surface area contributed by atoms with E-state index in [2.05, 4.69) is 59.1 Å². The van der Waals surface area contributed by atoms with Crippen LogP contribution in [-0.2, 0) is 6.42 Å². The molecule has 0 spiro atoms. The molecule has 0 aliphatic heterocycles. The average molecular weight is 418 g/mol. The van der Waals surface area contributed by atoms with Gasteiger partial charge in [-0.2, -0.15) is 0 Å². The second-order valence-electron chi connectivity index (χ2n) is 5.00. The third-order valence-corrected chi connectivity index (χ3v) is 4.43. The third-order valence-electron chi connectivity index (χ3n) is 3.34. The van der Waals surface area contributed by atoms with Crippen LogP contribution in [0.4, 0.5) is 4.39 Å². The molecule has 1 nitrogen and oxygen atoms in total. The number of benzene rings is 2. The Bertz CT molecular complexity index is 586. The first-order valence-electron chi connectivity index (χ1n) is 7.03. The van der Waals surface area contributed by atoms with Gasteiger partial charge in [0.1, 0.15) is 5.82 Å². The highest BCUT2D eigenvalue weighted by molar-refractivity contribution is 14.1. The molecule has 1 unspecified atom stereocenters. The lowest BCUT2D eigenvalue weighted by atomic mass is 9.98. The van der Waals surface area contributed by atoms with Crippen molar-refractivity contribution in [2.75, 3.05) is 6.54 Å². The van der Waals surface area contributed by atoms with Gasteiger partial charge >= 0.3 is 0 Å². The predicted molar refractivity (Wildman–Crippen MR) is 95.3 cm³/mol. The Morgan fingerprint density at radius 2 is 1.90 bits per heavy atom. The van der Waals surface area contributed by atoms with E-state index < -0.39 is 0 Å². The van der Waals surface area contributed by atoms with Crippen molar-refractivity contribution < 1.29 is 4.39 Å². The lowest BCUT2D eigenvalue weighted by Gasteiger charge is -2.20. The molecular weight excluding hydrogens is 400 g/mol. The number of hydrogen-bond donors (Lipinski definition) is 1. The molecule has 0 saturated carbocycles. The minimum absolute atomic E-state index is 0.140. The van der Waals surface area contributed by atoms with Crippen LogP contribution in [0.15, 0.2) is 42.5 Å². The second kappa shape index (κ2) is 8.11. The first-order chi connectivity index (χ1) is 10.1. The SMILES string of the molecule is CCCNC(Cc1cc(F)ccc1Cl)c1ccc(I)cc1. The molecule has 2 aromatic carbocycles. The lowest BCUT2D eigenvalue weighted by molar-refractivity contribution is 0.527. The van der Waals surface area contributed by atoms with Gasteiger partial charge in [0, 0.05) is 14.6 Å². The maximum Gasteiger partial charge on any atom is 0.123 e. The smallest absolute Gasteiger partial charge is 0.123 e. The molecule has 0 aromatic heterocycles. The van der Waals surface area contributed by atoms with E-state index in [1.54, 1.807) is 6.07 Å². The lowest BCUT2D eigenvalue weighted by Crippen LogP contribution is -2.24. The summed E-state index contributed by atoms with van der Waals surface area (Å²) in [6.45, 7) is 3.05. The van der Waals surface area contributed by atoms with Crippen LogP contribution in [0, 0.1) is 9.39 Å². The van der Waals surface area contributed by atoms with E-state index in [0.29, 0.717) is 11.4 Å². The van der Waals surface area contributed by atoms with Gasteiger partial charge in [0.2, 0.25) is 0 Å². The molecule has 0 aliphatic carbocycles. The van der Waals surface area contributed by atoms with Crippen LogP contribution in [0.2, 0.25) is 5.02 Å². The predicted octanol–water partition coefficient (Wildman–Crippen LogP) is 5.37. The summed E-state index contributed by atoms with van der Waals surface area (Å²) in [7, 11) is 0. The number of rotatable bonds is 6. The summed E-state index contributed by atoms with van der Waals surface area (Å²) in [4.78, 5) is 0. The summed E-state index contributed by atoms with van der Waals surface area (Å²) in [6, 6.07) is 13.1. The third kappa shape index (κ3) is 4.94. The van der Waals surface area contributed by atoms with Crippen molar-refractivity contribution in [2.24, 2.45) is 0 Å². The minimum Gasteiger partial charge on any atom is -0.310 e. The quantitative estimate of drug-likeness (QED) is 0.623. The Kier molecular flexibility index (Phi) is 6.45. The first kappa shape index (κ1) is 16.7. The fraction of sp³-hybridized carbons (Fsp3) is 0.294. The summed E-state index contributed by atoms with van der Waals surface area (Å²) in [6.07, 6.45) is 1.73. The van der Waals surface area contributed by atoms with E-state index in [1.165, 1.54) is 21.3 Å². The largest absolute Gasteiger partial charge is 0.310 e. The van der Waals surface area contributed by atoms with Crippen LogP contribution in [0.25, 0.3) is 0 Å². The normalized spacial score (nSPS) is 12.4. The standard InChI is InChI=1S/C17H18ClFIN/c1-2-9-21-17(12-3-6-15(20)7-4-12)11-13-10-14(19)5-8-16(13)18/h3-8,10,17,21H,2,9,11H2,1H3. The van der Waals surface area contributed by atoms with Crippen LogP contribution in [0.1, 0.15) is 30.5 Å². The van der Waals surface area contributed by atoms with Crippen LogP contribution in [-0.4, -0.2) is 6.54 Å². The Morgan fingerprint density at radius 1 is 1.19 bits per heavy atom. The van der Waals surface area contributed by atoms with Gasteiger partial charge in [0.25, 0.3) is 0 Å². The van der Waals surface area contributed by atoms with Crippen molar-refractivity contribution in [3.63, 3.8) is 0 Å². The highest BCUT2D eigenvalue weighted by Crippen LogP contribution is 2.25. The summed E-state index contributed by atoms with van der Waals surface area (Å²) in [5.74, 6) is -0.244. The number of halogens is 3. The molecule has 1 atom stereocenters. The van der Waals surface area contributed by atoms with E-state index >= 15 is 0 Å². The Balaban J connectivity index is 2.23. The van der Waals surface area contributed by atoms with Crippen molar-refractivity contribution in [3.8, 4) is 0 Å². The second-order valence-corrected chi connectivity index (χ2v) is 6.65. The van der Waals surface area contributed by atoms with Crippen LogP contribution >= 0.6 is 34.2 Å². The van der Waals surface area contributed by atoms with Gasteiger partial charge in [0.05, 0.1) is 0 Å². The van der Waals surface area contributed by atoms with Crippen LogP contribution < -0.4 is 5.32 Å². The van der Waals surface area contributed by atoms with Gasteiger partial charge in [-0.1, -0.05) is 30.7 Å². The zero-order valence-corrected chi connectivity index (χ0v) is 14.8. The van der Waals surface area contributed by atoms with Crippen LogP contribution in [0.5, 0.6) is 0 Å². The van der Waals surface area contributed by atoms with E-state index in [4.69, 9.17) is 11.6 Å². The monoisotopic (exact) mass is 417 g/mol. The zero-order chi connectivity index (χ0) is 15.2. The Labute approximate surface area is 144 Å². The topological polar surface area (TPSA) is 12.0 Å². The molecule has 4 heteroatoms. The Hall–Kier alpha value is -0.650. The van der Waals surface area contributed by atoms with E-state index in [1.807, 2.05) is 0 Å². The molecule has 21 heavy (non-hydrogen) atoms. The van der Waals surface area contributed by atoms with E-state index in [0.717, 1.165) is 18.5 Å². The Morgan fingerprint density at radius 3 is 2.57 bits per heavy atom. The van der Waals surface area contributed by atoms with Gasteiger partial charge in [-0.25, -0.2) is 4.39 Å². The van der Waals surface area contributed by atoms with Crippen molar-refractivity contribution in [2.45, 2.75) is 25.8 Å². The van der Waals surface area contributed by atoms with Crippen molar-refractivity contribution in [1.82, 2.24) is 5.32 Å². The first-order valence-corrected chi connectivity index (χ1v) is 8.48. The molecule has 2 aromatic rings. The van der Waals surface area contributed by atoms with Gasteiger partial charge in [0.15, 0.2) is 0 Å². The molecule has 2 rings (SSSR count). The summed E-state index contributed by atoms with van der Waals surface area (Å²) in [5.41, 5.74) is 2.04. The molecule has 0 fully saturated rings. The average Bonchev–Trinajstić information content (AvgIpc) is 2.48. The molecule has 1 N–H and O–H groups in total. The molecule has 0 amide bonds. The summed E-state index contributed by atoms with van der Waals surface area (Å²) in [5, 5.41) is 4.13. The van der Waals surface area contributed by atoms with Gasteiger partial charge in [-0.15, -0.1) is 0 Å². The molecule has 0 bridgehead atoms. The van der Waals surface area contributed by atoms with Crippen molar-refractivity contribution in [1.29, 1.82) is 0 Å². The highest BCUT2D eigenvalue weighted by Gasteiger charge is 2.14. The fourth-order valence-corrected chi connectivity index (χ4v) is 2.80. The van der Waals surface area contributed by atoms with Crippen molar-refractivity contribution >= 4 is 34.2 Å². The van der Waals surface area contributed by atoms with Crippen molar-refractivity contribution in [3.05, 3.63) is 68.0 Å². The highest BCUT2D eigenvalue weighted by atomic mass is 127. The van der Waals surface area contributed by atoms with Crippen LogP contribution in [0.3, 0.4) is 0 Å². The molecule has 0 radical (unpaired) electrons. The number of nitrogens with one attached hydrogen (secondary N) is 1. The van der Waals surface area contributed by atoms with Gasteiger partial charge < -0.3 is 5.32 Å². The molecule has 112 valence electrons. The van der Waals surface area contributed by atoms with Gasteiger partial charge in [-0.3, -0.25) is 0 Å². The molecule has 0 saturated heterocycles. The zero-order valence-electron chi connectivity index (χ0n) is 11.9. The van der Waals surface area contributed by atoms with E-state index in [9.17, 15) is 4.39 Å². The number of hydrogen-bond acceptors (Lipinski definition) is 1. The summed E-state index contributed by atoms with van der Waals surface area (Å²) >= 11 is 8.48. The molecule has 0 heterocycles. The van der Waals surface area contributed by atoms with E-state index in [-0.39, 0.29) is 11.9 Å². The van der Waals surface area contributed by atoms with Gasteiger partial charge in [-0.05, 0) is 83.4 Å².